The summed E-state index contributed by atoms with van der Waals surface area (Å²) < 4.78 is 14.0. The van der Waals surface area contributed by atoms with Gasteiger partial charge in [0.15, 0.2) is 17.6 Å². The zero-order valence-corrected chi connectivity index (χ0v) is 17.2. The standard InChI is InChI=1S/C20H34FN7/c1-3-22-20(24-9-11-27-14-12-26(4-2)13-15-27)25-17-7-10-28(16-17)19-18(21)6-5-8-23-19/h5-6,8,17H,3-4,7,9-16H2,1-2H3,(H2,22,24,25). The molecule has 2 aliphatic heterocycles. The van der Waals surface area contributed by atoms with Crippen molar-refractivity contribution < 1.29 is 4.39 Å². The lowest BCUT2D eigenvalue weighted by Crippen LogP contribution is -2.47. The Labute approximate surface area is 168 Å². The third-order valence-corrected chi connectivity index (χ3v) is 5.51. The first-order valence-corrected chi connectivity index (χ1v) is 10.5. The van der Waals surface area contributed by atoms with Crippen LogP contribution < -0.4 is 15.5 Å². The molecule has 0 bridgehead atoms. The molecule has 156 valence electrons. The van der Waals surface area contributed by atoms with Crippen LogP contribution in [0.3, 0.4) is 0 Å². The van der Waals surface area contributed by atoms with Crippen LogP contribution in [-0.2, 0) is 0 Å². The number of nitrogens with one attached hydrogen (secondary N) is 2. The number of piperazine rings is 1. The molecule has 28 heavy (non-hydrogen) atoms. The number of anilines is 1. The fourth-order valence-corrected chi connectivity index (χ4v) is 3.83. The normalized spacial score (nSPS) is 21.9. The van der Waals surface area contributed by atoms with Crippen molar-refractivity contribution in [1.82, 2.24) is 25.4 Å². The number of likely N-dealkylation sites (N-methyl/N-ethyl adjacent to an activating group) is 1. The largest absolute Gasteiger partial charge is 0.357 e. The van der Waals surface area contributed by atoms with Crippen molar-refractivity contribution in [2.75, 3.05) is 70.3 Å². The maximum atomic E-state index is 14.0. The highest BCUT2D eigenvalue weighted by Gasteiger charge is 2.26. The van der Waals surface area contributed by atoms with Gasteiger partial charge in [-0.05, 0) is 32.0 Å². The number of hydrogen-bond acceptors (Lipinski definition) is 5. The van der Waals surface area contributed by atoms with Gasteiger partial charge < -0.3 is 20.4 Å². The lowest BCUT2D eigenvalue weighted by atomic mass is 10.3. The van der Waals surface area contributed by atoms with Crippen LogP contribution in [0.1, 0.15) is 20.3 Å². The third-order valence-electron chi connectivity index (χ3n) is 5.51. The van der Waals surface area contributed by atoms with E-state index in [9.17, 15) is 4.39 Å². The minimum Gasteiger partial charge on any atom is -0.357 e. The fraction of sp³-hybridized carbons (Fsp3) is 0.700. The highest BCUT2D eigenvalue weighted by molar-refractivity contribution is 5.80. The zero-order valence-electron chi connectivity index (χ0n) is 17.2. The van der Waals surface area contributed by atoms with E-state index in [4.69, 9.17) is 4.99 Å². The van der Waals surface area contributed by atoms with Gasteiger partial charge in [-0.2, -0.15) is 0 Å². The SMILES string of the molecule is CCNC(=NCCN1CCN(CC)CC1)NC1CCN(c2ncccc2F)C1. The Morgan fingerprint density at radius 3 is 2.71 bits per heavy atom. The topological polar surface area (TPSA) is 59.0 Å². The predicted octanol–water partition coefficient (Wildman–Crippen LogP) is 0.992. The van der Waals surface area contributed by atoms with Gasteiger partial charge in [-0.15, -0.1) is 0 Å². The number of halogens is 1. The first-order valence-electron chi connectivity index (χ1n) is 10.5. The Morgan fingerprint density at radius 2 is 2.00 bits per heavy atom. The fourth-order valence-electron chi connectivity index (χ4n) is 3.83. The summed E-state index contributed by atoms with van der Waals surface area (Å²) in [5.74, 6) is 1.04. The first kappa shape index (κ1) is 20.8. The summed E-state index contributed by atoms with van der Waals surface area (Å²) in [6, 6.07) is 3.34. The van der Waals surface area contributed by atoms with E-state index in [0.717, 1.165) is 77.8 Å². The van der Waals surface area contributed by atoms with Crippen molar-refractivity contribution >= 4 is 11.8 Å². The number of nitrogens with zero attached hydrogens (tertiary/aromatic N) is 5. The van der Waals surface area contributed by atoms with Crippen LogP contribution in [0.4, 0.5) is 10.2 Å². The van der Waals surface area contributed by atoms with E-state index in [0.29, 0.717) is 5.82 Å². The van der Waals surface area contributed by atoms with Crippen LogP contribution in [0.5, 0.6) is 0 Å². The molecule has 1 aromatic heterocycles. The van der Waals surface area contributed by atoms with Gasteiger partial charge >= 0.3 is 0 Å². The molecule has 7 nitrogen and oxygen atoms in total. The average Bonchev–Trinajstić information content (AvgIpc) is 3.17. The molecule has 0 aliphatic carbocycles. The molecule has 0 amide bonds. The van der Waals surface area contributed by atoms with E-state index in [1.54, 1.807) is 12.3 Å². The van der Waals surface area contributed by atoms with Gasteiger partial charge in [-0.25, -0.2) is 9.37 Å². The molecule has 0 spiro atoms. The van der Waals surface area contributed by atoms with Crippen molar-refractivity contribution in [3.05, 3.63) is 24.1 Å². The van der Waals surface area contributed by atoms with Gasteiger partial charge in [0.2, 0.25) is 0 Å². The number of guanidine groups is 1. The van der Waals surface area contributed by atoms with E-state index in [2.05, 4.69) is 39.3 Å². The van der Waals surface area contributed by atoms with Gasteiger partial charge in [0.25, 0.3) is 0 Å². The van der Waals surface area contributed by atoms with Crippen molar-refractivity contribution in [2.24, 2.45) is 4.99 Å². The monoisotopic (exact) mass is 391 g/mol. The minimum atomic E-state index is -0.258. The number of pyridine rings is 1. The zero-order chi connectivity index (χ0) is 19.8. The molecule has 0 saturated carbocycles. The Kier molecular flexibility index (Phi) is 7.85. The lowest BCUT2D eigenvalue weighted by molar-refractivity contribution is 0.140. The molecule has 2 aliphatic rings. The molecule has 2 fully saturated rings. The van der Waals surface area contributed by atoms with Gasteiger partial charge in [-0.3, -0.25) is 9.89 Å². The van der Waals surface area contributed by atoms with Gasteiger partial charge in [0.1, 0.15) is 0 Å². The second-order valence-electron chi connectivity index (χ2n) is 7.42. The molecule has 2 N–H and O–H groups in total. The Balaban J connectivity index is 1.46. The van der Waals surface area contributed by atoms with Crippen molar-refractivity contribution in [1.29, 1.82) is 0 Å². The number of aromatic nitrogens is 1. The molecular weight excluding hydrogens is 357 g/mol. The summed E-state index contributed by atoms with van der Waals surface area (Å²) in [7, 11) is 0. The third kappa shape index (κ3) is 5.78. The van der Waals surface area contributed by atoms with E-state index >= 15 is 0 Å². The lowest BCUT2D eigenvalue weighted by Gasteiger charge is -2.33. The van der Waals surface area contributed by atoms with Crippen LogP contribution in [0.2, 0.25) is 0 Å². The van der Waals surface area contributed by atoms with E-state index in [1.165, 1.54) is 6.07 Å². The van der Waals surface area contributed by atoms with Crippen LogP contribution in [0, 0.1) is 5.82 Å². The Bertz CT molecular complexity index is 631. The van der Waals surface area contributed by atoms with Crippen molar-refractivity contribution in [2.45, 2.75) is 26.3 Å². The maximum absolute atomic E-state index is 14.0. The van der Waals surface area contributed by atoms with Gasteiger partial charge in [0.05, 0.1) is 6.54 Å². The summed E-state index contributed by atoms with van der Waals surface area (Å²) in [4.78, 5) is 15.9. The second-order valence-corrected chi connectivity index (χ2v) is 7.42. The summed E-state index contributed by atoms with van der Waals surface area (Å²) in [6.07, 6.45) is 2.59. The first-order chi connectivity index (χ1) is 13.7. The highest BCUT2D eigenvalue weighted by atomic mass is 19.1. The molecule has 8 heteroatoms. The van der Waals surface area contributed by atoms with Gasteiger partial charge in [-0.1, -0.05) is 6.92 Å². The second kappa shape index (κ2) is 10.6. The summed E-state index contributed by atoms with van der Waals surface area (Å²) >= 11 is 0. The maximum Gasteiger partial charge on any atom is 0.191 e. The van der Waals surface area contributed by atoms with Crippen LogP contribution in [0.15, 0.2) is 23.3 Å². The molecule has 2 saturated heterocycles. The molecular formula is C20H34FN7. The summed E-state index contributed by atoms with van der Waals surface area (Å²) in [5, 5.41) is 6.84. The van der Waals surface area contributed by atoms with E-state index < -0.39 is 0 Å². The van der Waals surface area contributed by atoms with Gasteiger partial charge in [0, 0.05) is 64.6 Å². The van der Waals surface area contributed by atoms with E-state index in [1.807, 2.05) is 4.90 Å². The quantitative estimate of drug-likeness (QED) is 0.534. The van der Waals surface area contributed by atoms with Crippen LogP contribution >= 0.6 is 0 Å². The molecule has 1 atom stereocenters. The Hall–Kier alpha value is -1.93. The van der Waals surface area contributed by atoms with Crippen LogP contribution in [-0.4, -0.2) is 92.2 Å². The summed E-state index contributed by atoms with van der Waals surface area (Å²) in [6.45, 7) is 14.1. The predicted molar refractivity (Wildman–Crippen MR) is 112 cm³/mol. The van der Waals surface area contributed by atoms with E-state index in [-0.39, 0.29) is 11.9 Å². The molecule has 0 aromatic carbocycles. The van der Waals surface area contributed by atoms with Crippen LogP contribution in [0.25, 0.3) is 0 Å². The summed E-state index contributed by atoms with van der Waals surface area (Å²) in [5.41, 5.74) is 0. The number of rotatable bonds is 7. The molecule has 1 aromatic rings. The van der Waals surface area contributed by atoms with Crippen molar-refractivity contribution in [3.63, 3.8) is 0 Å². The molecule has 3 rings (SSSR count). The minimum absolute atomic E-state index is 0.243. The smallest absolute Gasteiger partial charge is 0.191 e. The average molecular weight is 392 g/mol. The highest BCUT2D eigenvalue weighted by Crippen LogP contribution is 2.20. The molecule has 3 heterocycles. The Morgan fingerprint density at radius 1 is 1.21 bits per heavy atom. The number of hydrogen-bond donors (Lipinski definition) is 2. The number of aliphatic imine (C=N–C) groups is 1. The molecule has 0 radical (unpaired) electrons. The molecule has 1 unspecified atom stereocenters. The van der Waals surface area contributed by atoms with Crippen molar-refractivity contribution in [3.8, 4) is 0 Å².